The number of carbonyl (C=O) groups excluding carboxylic acids is 1. The van der Waals surface area contributed by atoms with Crippen LogP contribution in [-0.4, -0.2) is 22.7 Å². The minimum absolute atomic E-state index is 0.0334. The molecule has 1 unspecified atom stereocenters. The van der Waals surface area contributed by atoms with Crippen molar-refractivity contribution in [2.75, 3.05) is 0 Å². The fourth-order valence-electron chi connectivity index (χ4n) is 1.95. The van der Waals surface area contributed by atoms with Crippen LogP contribution in [0.4, 0.5) is 0 Å². The van der Waals surface area contributed by atoms with Gasteiger partial charge in [0.1, 0.15) is 0 Å². The summed E-state index contributed by atoms with van der Waals surface area (Å²) in [4.78, 5) is 12.0. The molecule has 14 heavy (non-hydrogen) atoms. The summed E-state index contributed by atoms with van der Waals surface area (Å²) in [6, 6.07) is 0.157. The Bertz CT molecular complexity index is 274. The Labute approximate surface area is 86.2 Å². The van der Waals surface area contributed by atoms with Gasteiger partial charge in [0.25, 0.3) is 5.91 Å². The highest BCUT2D eigenvalue weighted by molar-refractivity contribution is 6.07. The number of hydrogen-bond acceptors (Lipinski definition) is 2. The van der Waals surface area contributed by atoms with Gasteiger partial charge in [-0.15, -0.1) is 0 Å². The number of rotatable bonds is 1. The number of nitrogens with zero attached hydrogens (tertiary/aromatic N) is 2. The molecule has 1 aliphatic heterocycles. The average molecular weight is 196 g/mol. The van der Waals surface area contributed by atoms with Crippen molar-refractivity contribution in [1.29, 1.82) is 0 Å². The third-order valence-corrected chi connectivity index (χ3v) is 2.51. The van der Waals surface area contributed by atoms with Crippen molar-refractivity contribution < 1.29 is 4.79 Å². The van der Waals surface area contributed by atoms with Crippen LogP contribution in [0, 0.1) is 11.3 Å². The molecule has 0 aromatic carbocycles. The molecular formula is C11H20N2O. The highest BCUT2D eigenvalue weighted by Gasteiger charge is 2.41. The van der Waals surface area contributed by atoms with E-state index in [1.165, 1.54) is 0 Å². The van der Waals surface area contributed by atoms with E-state index in [9.17, 15) is 4.79 Å². The summed E-state index contributed by atoms with van der Waals surface area (Å²) in [5.74, 6) is 0.0925. The minimum Gasteiger partial charge on any atom is -0.272 e. The topological polar surface area (TPSA) is 32.7 Å². The van der Waals surface area contributed by atoms with Gasteiger partial charge in [-0.25, -0.2) is 5.01 Å². The van der Waals surface area contributed by atoms with Crippen LogP contribution in [0.5, 0.6) is 0 Å². The van der Waals surface area contributed by atoms with Gasteiger partial charge in [0.2, 0.25) is 0 Å². The van der Waals surface area contributed by atoms with Gasteiger partial charge >= 0.3 is 0 Å². The van der Waals surface area contributed by atoms with Gasteiger partial charge in [-0.1, -0.05) is 20.8 Å². The average Bonchev–Trinajstić information content (AvgIpc) is 2.24. The van der Waals surface area contributed by atoms with Crippen molar-refractivity contribution in [1.82, 2.24) is 5.01 Å². The normalized spacial score (nSPS) is 23.4. The summed E-state index contributed by atoms with van der Waals surface area (Å²) in [5.41, 5.74) is 0.908. The third kappa shape index (κ3) is 1.81. The fraction of sp³-hybridized carbons (Fsp3) is 0.818. The Morgan fingerprint density at radius 2 is 1.86 bits per heavy atom. The second-order valence-electron chi connectivity index (χ2n) is 5.32. The predicted octanol–water partition coefficient (Wildman–Crippen LogP) is 2.28. The molecule has 3 nitrogen and oxygen atoms in total. The lowest BCUT2D eigenvalue weighted by molar-refractivity contribution is -0.135. The van der Waals surface area contributed by atoms with Crippen LogP contribution in [0.3, 0.4) is 0 Å². The molecule has 0 aromatic rings. The van der Waals surface area contributed by atoms with Crippen LogP contribution in [-0.2, 0) is 4.79 Å². The maximum atomic E-state index is 12.0. The molecule has 1 atom stereocenters. The third-order valence-electron chi connectivity index (χ3n) is 2.51. The van der Waals surface area contributed by atoms with Gasteiger partial charge in [0.05, 0.1) is 5.92 Å². The molecule has 3 heteroatoms. The van der Waals surface area contributed by atoms with Crippen LogP contribution in [0.15, 0.2) is 5.10 Å². The molecule has 1 aliphatic rings. The number of hydrazone groups is 1. The first-order valence-electron chi connectivity index (χ1n) is 5.13. The van der Waals surface area contributed by atoms with Crippen molar-refractivity contribution in [3.63, 3.8) is 0 Å². The Kier molecular flexibility index (Phi) is 2.70. The van der Waals surface area contributed by atoms with Gasteiger partial charge in [-0.3, -0.25) is 4.79 Å². The zero-order valence-electron chi connectivity index (χ0n) is 9.96. The summed E-state index contributed by atoms with van der Waals surface area (Å²) in [6.45, 7) is 12.2. The first kappa shape index (κ1) is 11.2. The van der Waals surface area contributed by atoms with Crippen LogP contribution < -0.4 is 0 Å². The Morgan fingerprint density at radius 1 is 1.36 bits per heavy atom. The highest BCUT2D eigenvalue weighted by atomic mass is 16.2. The van der Waals surface area contributed by atoms with Gasteiger partial charge in [-0.2, -0.15) is 5.10 Å². The molecule has 0 N–H and O–H groups in total. The Hall–Kier alpha value is -0.860. The molecule has 1 heterocycles. The quantitative estimate of drug-likeness (QED) is 0.633. The summed E-state index contributed by atoms with van der Waals surface area (Å²) in [6.07, 6.45) is 0. The van der Waals surface area contributed by atoms with Gasteiger partial charge in [0, 0.05) is 11.8 Å². The second kappa shape index (κ2) is 3.37. The lowest BCUT2D eigenvalue weighted by Gasteiger charge is -2.26. The minimum atomic E-state index is -0.0510. The maximum absolute atomic E-state index is 12.0. The summed E-state index contributed by atoms with van der Waals surface area (Å²) in [7, 11) is 0. The van der Waals surface area contributed by atoms with Crippen molar-refractivity contribution in [3.8, 4) is 0 Å². The van der Waals surface area contributed by atoms with Gasteiger partial charge in [-0.05, 0) is 26.2 Å². The van der Waals surface area contributed by atoms with Crippen molar-refractivity contribution in [2.24, 2.45) is 16.4 Å². The first-order valence-corrected chi connectivity index (χ1v) is 5.13. The van der Waals surface area contributed by atoms with E-state index in [1.807, 2.05) is 20.8 Å². The molecule has 0 spiro atoms. The zero-order valence-corrected chi connectivity index (χ0v) is 9.96. The van der Waals surface area contributed by atoms with Gasteiger partial charge < -0.3 is 0 Å². The molecule has 0 saturated carbocycles. The van der Waals surface area contributed by atoms with Crippen molar-refractivity contribution in [3.05, 3.63) is 0 Å². The molecule has 0 saturated heterocycles. The van der Waals surface area contributed by atoms with E-state index in [0.29, 0.717) is 0 Å². The van der Waals surface area contributed by atoms with E-state index < -0.39 is 0 Å². The lowest BCUT2D eigenvalue weighted by atomic mass is 9.78. The van der Waals surface area contributed by atoms with Crippen LogP contribution in [0.1, 0.15) is 41.5 Å². The second-order valence-corrected chi connectivity index (χ2v) is 5.32. The lowest BCUT2D eigenvalue weighted by Crippen LogP contribution is -2.38. The van der Waals surface area contributed by atoms with E-state index in [1.54, 1.807) is 5.01 Å². The Morgan fingerprint density at radius 3 is 2.07 bits per heavy atom. The molecule has 1 amide bonds. The number of carbonyl (C=O) groups is 1. The standard InChI is InChI=1S/C11H20N2O/c1-7(2)13-10(14)9(8(3)12-13)11(4,5)6/h7,9H,1-6H3. The monoisotopic (exact) mass is 196 g/mol. The smallest absolute Gasteiger partial charge is 0.252 e. The SMILES string of the molecule is CC1=NN(C(C)C)C(=O)C1C(C)(C)C. The van der Waals surface area contributed by atoms with E-state index in [0.717, 1.165) is 5.71 Å². The number of hydrogen-bond donors (Lipinski definition) is 0. The van der Waals surface area contributed by atoms with Crippen molar-refractivity contribution >= 4 is 11.6 Å². The van der Waals surface area contributed by atoms with Gasteiger partial charge in [0.15, 0.2) is 0 Å². The summed E-state index contributed by atoms with van der Waals surface area (Å²) in [5, 5.41) is 5.92. The van der Waals surface area contributed by atoms with Crippen LogP contribution in [0.25, 0.3) is 0 Å². The molecular weight excluding hydrogens is 176 g/mol. The molecule has 0 radical (unpaired) electrons. The molecule has 0 fully saturated rings. The van der Waals surface area contributed by atoms with Crippen LogP contribution in [0.2, 0.25) is 0 Å². The van der Waals surface area contributed by atoms with E-state index in [4.69, 9.17) is 0 Å². The molecule has 0 aromatic heterocycles. The highest BCUT2D eigenvalue weighted by Crippen LogP contribution is 2.33. The first-order chi connectivity index (χ1) is 6.25. The molecule has 80 valence electrons. The van der Waals surface area contributed by atoms with E-state index >= 15 is 0 Å². The van der Waals surface area contributed by atoms with Crippen molar-refractivity contribution in [2.45, 2.75) is 47.6 Å². The largest absolute Gasteiger partial charge is 0.272 e. The molecule has 0 aliphatic carbocycles. The maximum Gasteiger partial charge on any atom is 0.252 e. The van der Waals surface area contributed by atoms with E-state index in [2.05, 4.69) is 25.9 Å². The molecule has 0 bridgehead atoms. The Balaban J connectivity index is 2.96. The zero-order chi connectivity index (χ0) is 11.1. The molecule has 1 rings (SSSR count). The van der Waals surface area contributed by atoms with Crippen LogP contribution >= 0.6 is 0 Å². The summed E-state index contributed by atoms with van der Waals surface area (Å²) >= 11 is 0. The fourth-order valence-corrected chi connectivity index (χ4v) is 1.95. The summed E-state index contributed by atoms with van der Waals surface area (Å²) < 4.78 is 0. The predicted molar refractivity (Wildman–Crippen MR) is 58.0 cm³/mol. The number of amides is 1. The van der Waals surface area contributed by atoms with E-state index in [-0.39, 0.29) is 23.3 Å².